The highest BCUT2D eigenvalue weighted by Crippen LogP contribution is 2.18. The van der Waals surface area contributed by atoms with Crippen molar-refractivity contribution in [2.24, 2.45) is 0 Å². The van der Waals surface area contributed by atoms with Gasteiger partial charge >= 0.3 is 5.97 Å². The number of ether oxygens (including phenoxy) is 1. The van der Waals surface area contributed by atoms with Crippen LogP contribution in [-0.2, 0) is 19.1 Å². The molecule has 0 bridgehead atoms. The molecule has 0 atom stereocenters. The van der Waals surface area contributed by atoms with Crippen molar-refractivity contribution in [2.45, 2.75) is 18.9 Å². The average molecular weight is 365 g/mol. The highest BCUT2D eigenvalue weighted by atomic mass is 19.1. The molecule has 0 unspecified atom stereocenters. The fourth-order valence-corrected chi connectivity index (χ4v) is 1.99. The van der Waals surface area contributed by atoms with E-state index in [4.69, 9.17) is 4.74 Å². The Morgan fingerprint density at radius 3 is 2.65 bits per heavy atom. The molecule has 1 aromatic carbocycles. The molecule has 9 heteroatoms. The number of benzene rings is 1. The second kappa shape index (κ2) is 8.93. The lowest BCUT2D eigenvalue weighted by Gasteiger charge is -2.16. The van der Waals surface area contributed by atoms with E-state index in [-0.39, 0.29) is 24.1 Å². The molecule has 0 radical (unpaired) electrons. The minimum Gasteiger partial charge on any atom is -0.454 e. The molecule has 8 nitrogen and oxygen atoms in total. The molecule has 0 aliphatic heterocycles. The zero-order chi connectivity index (χ0) is 19.1. The number of nitrogens with zero attached hydrogens (tertiary/aromatic N) is 1. The lowest BCUT2D eigenvalue weighted by molar-refractivity contribution is -0.151. The molecule has 0 spiro atoms. The first-order chi connectivity index (χ1) is 12.3. The molecule has 1 aromatic rings. The van der Waals surface area contributed by atoms with E-state index in [1.807, 2.05) is 0 Å². The van der Waals surface area contributed by atoms with E-state index in [0.717, 1.165) is 23.8 Å². The van der Waals surface area contributed by atoms with Gasteiger partial charge < -0.3 is 20.3 Å². The molecule has 1 aliphatic carbocycles. The summed E-state index contributed by atoms with van der Waals surface area (Å²) in [7, 11) is 1.42. The molecular weight excluding hydrogens is 345 g/mol. The van der Waals surface area contributed by atoms with Gasteiger partial charge in [-0.1, -0.05) is 6.07 Å². The van der Waals surface area contributed by atoms with Crippen LogP contribution in [0.25, 0.3) is 0 Å². The largest absolute Gasteiger partial charge is 0.454 e. The Kier molecular flexibility index (Phi) is 6.65. The van der Waals surface area contributed by atoms with Crippen LogP contribution in [0.15, 0.2) is 24.3 Å². The fraction of sp³-hybridized carbons (Fsp3) is 0.412. The maximum atomic E-state index is 13.0. The minimum atomic E-state index is -0.820. The van der Waals surface area contributed by atoms with Crippen LogP contribution < -0.4 is 10.6 Å². The van der Waals surface area contributed by atoms with Crippen LogP contribution in [0.3, 0.4) is 0 Å². The third kappa shape index (κ3) is 6.50. The smallest absolute Gasteiger partial charge is 0.325 e. The van der Waals surface area contributed by atoms with E-state index in [0.29, 0.717) is 0 Å². The van der Waals surface area contributed by atoms with Gasteiger partial charge in [-0.05, 0) is 31.0 Å². The SMILES string of the molecule is CN(CC(=O)NC1CC1)C(=O)COC(=O)CNC(=O)c1cccc(F)c1. The van der Waals surface area contributed by atoms with Gasteiger partial charge in [-0.15, -0.1) is 0 Å². The molecular formula is C17H20FN3O5. The van der Waals surface area contributed by atoms with Crippen molar-refractivity contribution >= 4 is 23.7 Å². The summed E-state index contributed by atoms with van der Waals surface area (Å²) < 4.78 is 17.8. The van der Waals surface area contributed by atoms with Crippen LogP contribution >= 0.6 is 0 Å². The number of amides is 3. The topological polar surface area (TPSA) is 105 Å². The quantitative estimate of drug-likeness (QED) is 0.623. The number of likely N-dealkylation sites (N-methyl/N-ethyl adjacent to an activating group) is 1. The predicted molar refractivity (Wildman–Crippen MR) is 88.5 cm³/mol. The third-order valence-electron chi connectivity index (χ3n) is 3.59. The maximum Gasteiger partial charge on any atom is 0.325 e. The standard InChI is InChI=1S/C17H20FN3O5/c1-21(9-14(22)20-13-5-6-13)15(23)10-26-16(24)8-19-17(25)11-3-2-4-12(18)7-11/h2-4,7,13H,5-6,8-10H2,1H3,(H,19,25)(H,20,22). The van der Waals surface area contributed by atoms with Gasteiger partial charge in [0.25, 0.3) is 11.8 Å². The molecule has 0 aromatic heterocycles. The second-order valence-corrected chi connectivity index (χ2v) is 5.95. The first-order valence-corrected chi connectivity index (χ1v) is 8.08. The number of nitrogens with one attached hydrogen (secondary N) is 2. The number of halogens is 1. The van der Waals surface area contributed by atoms with Crippen LogP contribution in [0, 0.1) is 5.82 Å². The first kappa shape index (κ1) is 19.4. The predicted octanol–water partition coefficient (Wildman–Crippen LogP) is -0.164. The van der Waals surface area contributed by atoms with Crippen LogP contribution in [0.2, 0.25) is 0 Å². The molecule has 2 N–H and O–H groups in total. The van der Waals surface area contributed by atoms with Crippen LogP contribution in [0.1, 0.15) is 23.2 Å². The zero-order valence-corrected chi connectivity index (χ0v) is 14.3. The van der Waals surface area contributed by atoms with E-state index < -0.39 is 36.8 Å². The fourth-order valence-electron chi connectivity index (χ4n) is 1.99. The molecule has 3 amide bonds. The Labute approximate surface area is 149 Å². The van der Waals surface area contributed by atoms with Crippen molar-refractivity contribution in [3.63, 3.8) is 0 Å². The van der Waals surface area contributed by atoms with Crippen molar-refractivity contribution in [3.05, 3.63) is 35.6 Å². The van der Waals surface area contributed by atoms with Gasteiger partial charge in [-0.3, -0.25) is 19.2 Å². The number of esters is 1. The van der Waals surface area contributed by atoms with Gasteiger partial charge in [0.15, 0.2) is 6.61 Å². The number of carbonyl (C=O) groups excluding carboxylic acids is 4. The van der Waals surface area contributed by atoms with Gasteiger partial charge in [-0.2, -0.15) is 0 Å². The monoisotopic (exact) mass is 365 g/mol. The Balaban J connectivity index is 1.66. The van der Waals surface area contributed by atoms with Crippen molar-refractivity contribution in [3.8, 4) is 0 Å². The molecule has 0 saturated heterocycles. The number of carbonyl (C=O) groups is 4. The number of hydrogen-bond acceptors (Lipinski definition) is 5. The summed E-state index contributed by atoms with van der Waals surface area (Å²) in [5, 5.41) is 5.01. The van der Waals surface area contributed by atoms with Gasteiger partial charge in [0, 0.05) is 18.7 Å². The van der Waals surface area contributed by atoms with Crippen molar-refractivity contribution in [1.82, 2.24) is 15.5 Å². The molecule has 26 heavy (non-hydrogen) atoms. The van der Waals surface area contributed by atoms with Crippen molar-refractivity contribution < 1.29 is 28.3 Å². The van der Waals surface area contributed by atoms with Gasteiger partial charge in [0.05, 0.1) is 6.54 Å². The molecule has 1 fully saturated rings. The van der Waals surface area contributed by atoms with E-state index in [1.165, 1.54) is 25.2 Å². The van der Waals surface area contributed by atoms with Crippen molar-refractivity contribution in [1.29, 1.82) is 0 Å². The van der Waals surface area contributed by atoms with E-state index >= 15 is 0 Å². The summed E-state index contributed by atoms with van der Waals surface area (Å²) in [6.07, 6.45) is 1.89. The Hall–Kier alpha value is -2.97. The molecule has 0 heterocycles. The van der Waals surface area contributed by atoms with E-state index in [1.54, 1.807) is 0 Å². The summed E-state index contributed by atoms with van der Waals surface area (Å²) in [6.45, 7) is -1.13. The summed E-state index contributed by atoms with van der Waals surface area (Å²) in [5.41, 5.74) is 0.0651. The Morgan fingerprint density at radius 2 is 2.00 bits per heavy atom. The molecule has 1 aliphatic rings. The lowest BCUT2D eigenvalue weighted by Crippen LogP contribution is -2.41. The van der Waals surface area contributed by atoms with Crippen LogP contribution in [0.4, 0.5) is 4.39 Å². The second-order valence-electron chi connectivity index (χ2n) is 5.95. The number of hydrogen-bond donors (Lipinski definition) is 2. The van der Waals surface area contributed by atoms with Gasteiger partial charge in [0.2, 0.25) is 5.91 Å². The van der Waals surface area contributed by atoms with Crippen molar-refractivity contribution in [2.75, 3.05) is 26.7 Å². The summed E-state index contributed by atoms with van der Waals surface area (Å²) in [5.74, 6) is -2.84. The average Bonchev–Trinajstić information content (AvgIpc) is 3.41. The lowest BCUT2D eigenvalue weighted by atomic mass is 10.2. The molecule has 1 saturated carbocycles. The highest BCUT2D eigenvalue weighted by molar-refractivity contribution is 5.96. The van der Waals surface area contributed by atoms with E-state index in [2.05, 4.69) is 10.6 Å². The highest BCUT2D eigenvalue weighted by Gasteiger charge is 2.24. The third-order valence-corrected chi connectivity index (χ3v) is 3.59. The summed E-state index contributed by atoms with van der Waals surface area (Å²) >= 11 is 0. The zero-order valence-electron chi connectivity index (χ0n) is 14.3. The Bertz CT molecular complexity index is 705. The number of rotatable bonds is 8. The minimum absolute atomic E-state index is 0.0651. The Morgan fingerprint density at radius 1 is 1.27 bits per heavy atom. The van der Waals surface area contributed by atoms with E-state index in [9.17, 15) is 23.6 Å². The first-order valence-electron chi connectivity index (χ1n) is 8.08. The van der Waals surface area contributed by atoms with Gasteiger partial charge in [0.1, 0.15) is 12.4 Å². The maximum absolute atomic E-state index is 13.0. The normalized spacial score (nSPS) is 12.8. The van der Waals surface area contributed by atoms with Gasteiger partial charge in [-0.25, -0.2) is 4.39 Å². The summed E-state index contributed by atoms with van der Waals surface area (Å²) in [6, 6.07) is 5.19. The van der Waals surface area contributed by atoms with Crippen LogP contribution in [0.5, 0.6) is 0 Å². The van der Waals surface area contributed by atoms with Crippen LogP contribution in [-0.4, -0.2) is 61.4 Å². The summed E-state index contributed by atoms with van der Waals surface area (Å²) in [4.78, 5) is 47.9. The molecule has 140 valence electrons. The molecule has 2 rings (SSSR count).